The summed E-state index contributed by atoms with van der Waals surface area (Å²) < 4.78 is 5.79. The third kappa shape index (κ3) is 4.49. The molecule has 0 fully saturated rings. The summed E-state index contributed by atoms with van der Waals surface area (Å²) in [5, 5.41) is 11.7. The number of nitrogens with one attached hydrogen (secondary N) is 1. The van der Waals surface area contributed by atoms with Gasteiger partial charge in [0.25, 0.3) is 0 Å². The minimum Gasteiger partial charge on any atom is -0.455 e. The van der Waals surface area contributed by atoms with Gasteiger partial charge in [-0.25, -0.2) is 4.99 Å². The van der Waals surface area contributed by atoms with Crippen LogP contribution >= 0.6 is 11.8 Å². The van der Waals surface area contributed by atoms with Crippen molar-refractivity contribution in [1.29, 1.82) is 5.26 Å². The van der Waals surface area contributed by atoms with Crippen LogP contribution in [-0.2, 0) is 0 Å². The smallest absolute Gasteiger partial charge is 0.248 e. The minimum atomic E-state index is -0.492. The second-order valence-corrected chi connectivity index (χ2v) is 5.11. The number of aliphatic imine (C=N–C) groups is 1. The molecule has 0 heterocycles. The van der Waals surface area contributed by atoms with E-state index in [0.717, 1.165) is 0 Å². The highest BCUT2D eigenvalue weighted by molar-refractivity contribution is 8.13. The molecule has 0 aromatic heterocycles. The molecule has 0 radical (unpaired) electrons. The molecule has 6 nitrogen and oxygen atoms in total. The van der Waals surface area contributed by atoms with E-state index in [-0.39, 0.29) is 0 Å². The number of nitriles is 1. The SMILES string of the molecule is CSC(=Nc1ccccc1Oc1ccc(C(N)=O)cc1)NC#N. The van der Waals surface area contributed by atoms with E-state index < -0.39 is 5.91 Å². The average molecular weight is 326 g/mol. The molecule has 0 aliphatic rings. The van der Waals surface area contributed by atoms with Crippen molar-refractivity contribution in [1.82, 2.24) is 5.32 Å². The first kappa shape index (κ1) is 16.4. The highest BCUT2D eigenvalue weighted by Crippen LogP contribution is 2.32. The second kappa shape index (κ2) is 7.87. The molecule has 0 saturated carbocycles. The van der Waals surface area contributed by atoms with Gasteiger partial charge in [0.15, 0.2) is 17.1 Å². The zero-order chi connectivity index (χ0) is 16.7. The van der Waals surface area contributed by atoms with Crippen LogP contribution in [0.25, 0.3) is 0 Å². The normalized spacial score (nSPS) is 10.7. The standard InChI is InChI=1S/C16H14N4O2S/c1-23-16(19-10-17)20-13-4-2-3-5-14(13)22-12-8-6-11(7-9-12)15(18)21/h2-9H,1H3,(H2,18,21)(H,19,20). The molecular formula is C16H14N4O2S. The van der Waals surface area contributed by atoms with Crippen molar-refractivity contribution < 1.29 is 9.53 Å². The van der Waals surface area contributed by atoms with Gasteiger partial charge in [-0.2, -0.15) is 5.26 Å². The molecule has 2 aromatic rings. The molecule has 3 N–H and O–H groups in total. The highest BCUT2D eigenvalue weighted by Gasteiger charge is 2.06. The molecule has 0 bridgehead atoms. The number of carbonyl (C=O) groups excluding carboxylic acids is 1. The van der Waals surface area contributed by atoms with Gasteiger partial charge in [0.1, 0.15) is 11.4 Å². The van der Waals surface area contributed by atoms with E-state index in [9.17, 15) is 4.79 Å². The van der Waals surface area contributed by atoms with Crippen LogP contribution in [0.2, 0.25) is 0 Å². The first-order valence-corrected chi connectivity index (χ1v) is 7.81. The van der Waals surface area contributed by atoms with Crippen LogP contribution in [0.1, 0.15) is 10.4 Å². The lowest BCUT2D eigenvalue weighted by Crippen LogP contribution is -2.12. The van der Waals surface area contributed by atoms with Crippen LogP contribution in [0.15, 0.2) is 53.5 Å². The van der Waals surface area contributed by atoms with Gasteiger partial charge in [-0.3, -0.25) is 10.1 Å². The van der Waals surface area contributed by atoms with Crippen molar-refractivity contribution in [3.8, 4) is 17.7 Å². The summed E-state index contributed by atoms with van der Waals surface area (Å²) in [7, 11) is 0. The number of ether oxygens (including phenoxy) is 1. The van der Waals surface area contributed by atoms with E-state index in [1.807, 2.05) is 24.6 Å². The number of nitrogens with two attached hydrogens (primary N) is 1. The number of nitrogens with zero attached hydrogens (tertiary/aromatic N) is 2. The fraction of sp³-hybridized carbons (Fsp3) is 0.0625. The van der Waals surface area contributed by atoms with Gasteiger partial charge in [0.05, 0.1) is 0 Å². The Bertz CT molecular complexity index is 766. The first-order chi connectivity index (χ1) is 11.1. The van der Waals surface area contributed by atoms with E-state index in [0.29, 0.717) is 27.9 Å². The molecule has 0 aliphatic carbocycles. The van der Waals surface area contributed by atoms with Crippen molar-refractivity contribution in [2.24, 2.45) is 10.7 Å². The number of benzene rings is 2. The lowest BCUT2D eigenvalue weighted by molar-refractivity contribution is 0.100. The van der Waals surface area contributed by atoms with E-state index in [1.54, 1.807) is 36.4 Å². The van der Waals surface area contributed by atoms with Crippen molar-refractivity contribution in [2.75, 3.05) is 6.26 Å². The molecule has 0 aliphatic heterocycles. The van der Waals surface area contributed by atoms with Crippen LogP contribution in [0.4, 0.5) is 5.69 Å². The first-order valence-electron chi connectivity index (χ1n) is 6.58. The fourth-order valence-corrected chi connectivity index (χ4v) is 2.07. The number of para-hydroxylation sites is 2. The number of primary amides is 1. The van der Waals surface area contributed by atoms with Gasteiger partial charge in [0.2, 0.25) is 5.91 Å². The topological polar surface area (TPSA) is 100 Å². The number of hydrogen-bond acceptors (Lipinski definition) is 5. The third-order valence-electron chi connectivity index (χ3n) is 2.81. The summed E-state index contributed by atoms with van der Waals surface area (Å²) in [4.78, 5) is 15.4. The Kier molecular flexibility index (Phi) is 5.61. The predicted molar refractivity (Wildman–Crippen MR) is 90.8 cm³/mol. The van der Waals surface area contributed by atoms with Gasteiger partial charge < -0.3 is 10.5 Å². The van der Waals surface area contributed by atoms with Gasteiger partial charge >= 0.3 is 0 Å². The molecule has 2 rings (SSSR count). The van der Waals surface area contributed by atoms with Crippen molar-refractivity contribution >= 4 is 28.5 Å². The van der Waals surface area contributed by atoms with E-state index >= 15 is 0 Å². The van der Waals surface area contributed by atoms with Gasteiger partial charge in [-0.1, -0.05) is 23.9 Å². The van der Waals surface area contributed by atoms with Crippen LogP contribution < -0.4 is 15.8 Å². The van der Waals surface area contributed by atoms with E-state index in [1.165, 1.54) is 11.8 Å². The third-order valence-corrected chi connectivity index (χ3v) is 3.39. The van der Waals surface area contributed by atoms with Gasteiger partial charge in [-0.15, -0.1) is 0 Å². The monoisotopic (exact) mass is 326 g/mol. The van der Waals surface area contributed by atoms with E-state index in [2.05, 4.69) is 10.3 Å². The zero-order valence-corrected chi connectivity index (χ0v) is 13.1. The largest absolute Gasteiger partial charge is 0.455 e. The van der Waals surface area contributed by atoms with Crippen LogP contribution in [-0.4, -0.2) is 17.3 Å². The summed E-state index contributed by atoms with van der Waals surface area (Å²) in [5.41, 5.74) is 6.20. The van der Waals surface area contributed by atoms with Crippen molar-refractivity contribution in [3.63, 3.8) is 0 Å². The summed E-state index contributed by atoms with van der Waals surface area (Å²) in [6, 6.07) is 13.7. The molecule has 23 heavy (non-hydrogen) atoms. The summed E-state index contributed by atoms with van der Waals surface area (Å²) >= 11 is 1.32. The number of rotatable bonds is 4. The van der Waals surface area contributed by atoms with Crippen molar-refractivity contribution in [3.05, 3.63) is 54.1 Å². The average Bonchev–Trinajstić information content (AvgIpc) is 2.56. The molecule has 116 valence electrons. The predicted octanol–water partition coefficient (Wildman–Crippen LogP) is 3.00. The molecule has 0 spiro atoms. The van der Waals surface area contributed by atoms with Crippen molar-refractivity contribution in [2.45, 2.75) is 0 Å². The Balaban J connectivity index is 2.27. The van der Waals surface area contributed by atoms with E-state index in [4.69, 9.17) is 15.7 Å². The number of carbonyl (C=O) groups is 1. The molecule has 0 atom stereocenters. The highest BCUT2D eigenvalue weighted by atomic mass is 32.2. The number of hydrogen-bond donors (Lipinski definition) is 2. The fourth-order valence-electron chi connectivity index (χ4n) is 1.73. The number of amidine groups is 1. The quantitative estimate of drug-likeness (QED) is 0.389. The maximum atomic E-state index is 11.1. The molecule has 0 saturated heterocycles. The Labute approximate surface area is 138 Å². The number of thioether (sulfide) groups is 1. The maximum Gasteiger partial charge on any atom is 0.248 e. The van der Waals surface area contributed by atoms with Crippen LogP contribution in [0, 0.1) is 11.5 Å². The Morgan fingerprint density at radius 3 is 2.57 bits per heavy atom. The molecule has 2 aromatic carbocycles. The minimum absolute atomic E-state index is 0.409. The van der Waals surface area contributed by atoms with Gasteiger partial charge in [-0.05, 0) is 42.7 Å². The molecule has 0 unspecified atom stereocenters. The Morgan fingerprint density at radius 1 is 1.26 bits per heavy atom. The summed E-state index contributed by atoms with van der Waals surface area (Å²) in [6.45, 7) is 0. The molecule has 1 amide bonds. The lowest BCUT2D eigenvalue weighted by atomic mass is 10.2. The summed E-state index contributed by atoms with van der Waals surface area (Å²) in [5.74, 6) is 0.593. The van der Waals surface area contributed by atoms with Crippen LogP contribution in [0.5, 0.6) is 11.5 Å². The molecule has 7 heteroatoms. The maximum absolute atomic E-state index is 11.1. The summed E-state index contributed by atoms with van der Waals surface area (Å²) in [6.07, 6.45) is 3.65. The van der Waals surface area contributed by atoms with Crippen LogP contribution in [0.3, 0.4) is 0 Å². The zero-order valence-electron chi connectivity index (χ0n) is 12.3. The second-order valence-electron chi connectivity index (χ2n) is 4.32. The number of amides is 1. The Morgan fingerprint density at radius 2 is 1.96 bits per heavy atom. The Hall–Kier alpha value is -2.98. The lowest BCUT2D eigenvalue weighted by Gasteiger charge is -2.09. The van der Waals surface area contributed by atoms with Gasteiger partial charge in [0, 0.05) is 5.56 Å². The molecular weight excluding hydrogens is 312 g/mol.